The molecule has 0 spiro atoms. The first-order valence-corrected chi connectivity index (χ1v) is 9.60. The van der Waals surface area contributed by atoms with Gasteiger partial charge in [0.05, 0.1) is 16.7 Å². The van der Waals surface area contributed by atoms with E-state index in [1.54, 1.807) is 11.8 Å². The Morgan fingerprint density at radius 3 is 2.88 bits per heavy atom. The normalized spacial score (nSPS) is 22.2. The highest BCUT2D eigenvalue weighted by Crippen LogP contribution is 2.29. The van der Waals surface area contributed by atoms with E-state index in [0.29, 0.717) is 6.04 Å². The molecule has 9 heteroatoms. The second-order valence-corrected chi connectivity index (χ2v) is 7.59. The van der Waals surface area contributed by atoms with Crippen molar-refractivity contribution in [2.75, 3.05) is 18.1 Å². The maximum absolute atomic E-state index is 13.8. The molecule has 1 aromatic carbocycles. The molecular weight excluding hydrogens is 359 g/mol. The van der Waals surface area contributed by atoms with Crippen LogP contribution in [0.2, 0.25) is 0 Å². The highest BCUT2D eigenvalue weighted by molar-refractivity contribution is 8.14. The van der Waals surface area contributed by atoms with Gasteiger partial charge in [-0.25, -0.2) is 4.39 Å². The number of aliphatic imine (C=N–C) groups is 1. The Morgan fingerprint density at radius 2 is 2.19 bits per heavy atom. The number of rotatable bonds is 5. The van der Waals surface area contributed by atoms with Gasteiger partial charge in [0.25, 0.3) is 5.69 Å². The molecule has 1 aromatic rings. The number of nitrogens with one attached hydrogen (secondary N) is 1. The van der Waals surface area contributed by atoms with Crippen LogP contribution in [0.15, 0.2) is 23.2 Å². The third kappa shape index (κ3) is 4.32. The number of nitrogens with zero attached hydrogens (tertiary/aromatic N) is 3. The Kier molecular flexibility index (Phi) is 5.75. The molecule has 1 aliphatic heterocycles. The quantitative estimate of drug-likeness (QED) is 0.625. The third-order valence-electron chi connectivity index (χ3n) is 4.73. The fraction of sp³-hybridized carbons (Fsp3) is 0.529. The van der Waals surface area contributed by atoms with Gasteiger partial charge < -0.3 is 10.2 Å². The molecule has 0 aromatic heterocycles. The van der Waals surface area contributed by atoms with Crippen LogP contribution in [0.25, 0.3) is 0 Å². The lowest BCUT2D eigenvalue weighted by molar-refractivity contribution is -0.384. The molecule has 26 heavy (non-hydrogen) atoms. The summed E-state index contributed by atoms with van der Waals surface area (Å²) in [4.78, 5) is 29.2. The van der Waals surface area contributed by atoms with Gasteiger partial charge in [-0.3, -0.25) is 19.9 Å². The SMILES string of the molecule is CN1C(=NC2CCCC2)SCC1CC(=O)Nc1cc([N+](=O)[O-])ccc1F. The molecule has 2 fully saturated rings. The number of carbonyl (C=O) groups is 1. The summed E-state index contributed by atoms with van der Waals surface area (Å²) >= 11 is 1.64. The van der Waals surface area contributed by atoms with E-state index in [-0.39, 0.29) is 29.7 Å². The highest BCUT2D eigenvalue weighted by atomic mass is 32.2. The van der Waals surface area contributed by atoms with Gasteiger partial charge in [0.1, 0.15) is 5.82 Å². The lowest BCUT2D eigenvalue weighted by Crippen LogP contribution is -2.34. The summed E-state index contributed by atoms with van der Waals surface area (Å²) in [7, 11) is 1.92. The molecule has 3 rings (SSSR count). The predicted molar refractivity (Wildman–Crippen MR) is 100 cm³/mol. The van der Waals surface area contributed by atoms with Crippen LogP contribution >= 0.6 is 11.8 Å². The molecule has 1 heterocycles. The van der Waals surface area contributed by atoms with E-state index in [0.717, 1.165) is 42.0 Å². The number of carbonyl (C=O) groups excluding carboxylic acids is 1. The molecule has 1 N–H and O–H groups in total. The minimum Gasteiger partial charge on any atom is -0.350 e. The molecule has 140 valence electrons. The summed E-state index contributed by atoms with van der Waals surface area (Å²) in [6.07, 6.45) is 4.85. The van der Waals surface area contributed by atoms with Crippen molar-refractivity contribution in [3.05, 3.63) is 34.1 Å². The van der Waals surface area contributed by atoms with E-state index in [4.69, 9.17) is 4.99 Å². The van der Waals surface area contributed by atoms with E-state index in [9.17, 15) is 19.3 Å². The Labute approximate surface area is 155 Å². The van der Waals surface area contributed by atoms with E-state index in [1.165, 1.54) is 12.8 Å². The van der Waals surface area contributed by atoms with Crippen molar-refractivity contribution in [2.24, 2.45) is 4.99 Å². The number of benzene rings is 1. The molecule has 1 atom stereocenters. The maximum Gasteiger partial charge on any atom is 0.271 e. The number of nitro benzene ring substituents is 1. The molecule has 0 bridgehead atoms. The van der Waals surface area contributed by atoms with Gasteiger partial charge in [-0.2, -0.15) is 0 Å². The fourth-order valence-corrected chi connectivity index (χ4v) is 4.45. The Bertz CT molecular complexity index is 737. The van der Waals surface area contributed by atoms with E-state index in [1.807, 2.05) is 11.9 Å². The minimum absolute atomic E-state index is 0.0260. The van der Waals surface area contributed by atoms with Crippen molar-refractivity contribution < 1.29 is 14.1 Å². The molecular formula is C17H21FN4O3S. The van der Waals surface area contributed by atoms with Crippen molar-refractivity contribution in [3.63, 3.8) is 0 Å². The molecule has 1 saturated heterocycles. The average Bonchev–Trinajstić information content (AvgIpc) is 3.22. The van der Waals surface area contributed by atoms with Crippen molar-refractivity contribution >= 4 is 34.2 Å². The topological polar surface area (TPSA) is 87.8 Å². The molecule has 1 saturated carbocycles. The molecule has 2 aliphatic rings. The molecule has 1 amide bonds. The Balaban J connectivity index is 1.60. The van der Waals surface area contributed by atoms with Gasteiger partial charge in [0.15, 0.2) is 5.17 Å². The third-order valence-corrected chi connectivity index (χ3v) is 5.93. The smallest absolute Gasteiger partial charge is 0.271 e. The van der Waals surface area contributed by atoms with Crippen molar-refractivity contribution in [2.45, 2.75) is 44.2 Å². The molecule has 1 unspecified atom stereocenters. The van der Waals surface area contributed by atoms with E-state index >= 15 is 0 Å². The van der Waals surface area contributed by atoms with Crippen LogP contribution in [0.4, 0.5) is 15.8 Å². The molecule has 1 aliphatic carbocycles. The van der Waals surface area contributed by atoms with Gasteiger partial charge in [-0.1, -0.05) is 24.6 Å². The van der Waals surface area contributed by atoms with Crippen LogP contribution in [-0.4, -0.2) is 45.8 Å². The summed E-state index contributed by atoms with van der Waals surface area (Å²) in [6, 6.07) is 3.44. The van der Waals surface area contributed by atoms with Crippen LogP contribution in [0.3, 0.4) is 0 Å². The predicted octanol–water partition coefficient (Wildman–Crippen LogP) is 3.41. The van der Waals surface area contributed by atoms with Crippen LogP contribution in [0.5, 0.6) is 0 Å². The van der Waals surface area contributed by atoms with Gasteiger partial charge in [0.2, 0.25) is 5.91 Å². The summed E-state index contributed by atoms with van der Waals surface area (Å²) in [5, 5.41) is 14.2. The first-order chi connectivity index (χ1) is 12.4. The standard InChI is InChI=1S/C17H21FN4O3S/c1-21-13(10-26-17(21)19-11-4-2-3-5-11)9-16(23)20-15-8-12(22(24)25)6-7-14(15)18/h6-8,11,13H,2-5,9-10H2,1H3,(H,20,23). The maximum atomic E-state index is 13.8. The lowest BCUT2D eigenvalue weighted by Gasteiger charge is -2.21. The number of amidine groups is 1. The number of hydrogen-bond donors (Lipinski definition) is 1. The number of halogens is 1. The van der Waals surface area contributed by atoms with Crippen molar-refractivity contribution in [3.8, 4) is 0 Å². The zero-order valence-electron chi connectivity index (χ0n) is 14.5. The average molecular weight is 380 g/mol. The van der Waals surface area contributed by atoms with Gasteiger partial charge in [-0.15, -0.1) is 0 Å². The molecule has 7 nitrogen and oxygen atoms in total. The van der Waals surface area contributed by atoms with E-state index in [2.05, 4.69) is 5.32 Å². The van der Waals surface area contributed by atoms with Crippen molar-refractivity contribution in [1.29, 1.82) is 0 Å². The number of nitro groups is 1. The summed E-state index contributed by atoms with van der Waals surface area (Å²) in [6.45, 7) is 0. The summed E-state index contributed by atoms with van der Waals surface area (Å²) in [5.74, 6) is -0.321. The van der Waals surface area contributed by atoms with Crippen LogP contribution in [0, 0.1) is 15.9 Å². The van der Waals surface area contributed by atoms with Gasteiger partial charge in [0, 0.05) is 37.4 Å². The second kappa shape index (κ2) is 8.03. The number of hydrogen-bond acceptors (Lipinski definition) is 5. The number of anilines is 1. The van der Waals surface area contributed by atoms with E-state index < -0.39 is 10.7 Å². The van der Waals surface area contributed by atoms with Crippen LogP contribution in [-0.2, 0) is 4.79 Å². The highest BCUT2D eigenvalue weighted by Gasteiger charge is 2.30. The number of amides is 1. The van der Waals surface area contributed by atoms with Crippen LogP contribution < -0.4 is 5.32 Å². The zero-order chi connectivity index (χ0) is 18.7. The first kappa shape index (κ1) is 18.6. The minimum atomic E-state index is -0.693. The Morgan fingerprint density at radius 1 is 1.46 bits per heavy atom. The van der Waals surface area contributed by atoms with Gasteiger partial charge >= 0.3 is 0 Å². The number of non-ortho nitro benzene ring substituents is 1. The summed E-state index contributed by atoms with van der Waals surface area (Å²) < 4.78 is 13.8. The largest absolute Gasteiger partial charge is 0.350 e. The zero-order valence-corrected chi connectivity index (χ0v) is 15.3. The summed E-state index contributed by atoms with van der Waals surface area (Å²) in [5.41, 5.74) is -0.432. The lowest BCUT2D eigenvalue weighted by atomic mass is 10.2. The van der Waals surface area contributed by atoms with Crippen molar-refractivity contribution in [1.82, 2.24) is 4.90 Å². The monoisotopic (exact) mass is 380 g/mol. The number of thioether (sulfide) groups is 1. The second-order valence-electron chi connectivity index (χ2n) is 6.60. The Hall–Kier alpha value is -2.16. The first-order valence-electron chi connectivity index (χ1n) is 8.61. The molecule has 0 radical (unpaired) electrons. The fourth-order valence-electron chi connectivity index (χ4n) is 3.19. The van der Waals surface area contributed by atoms with Crippen LogP contribution in [0.1, 0.15) is 32.1 Å². The van der Waals surface area contributed by atoms with Gasteiger partial charge in [-0.05, 0) is 18.9 Å².